The maximum atomic E-state index is 12.0. The minimum absolute atomic E-state index is 0.380. The second-order valence-electron chi connectivity index (χ2n) is 1.35. The number of hydrogen-bond donors (Lipinski definition) is 0. The summed E-state index contributed by atoms with van der Waals surface area (Å²) < 4.78 is 12.0. The molecule has 8 heavy (non-hydrogen) atoms. The zero-order valence-electron chi connectivity index (χ0n) is 3.99. The van der Waals surface area contributed by atoms with Crippen LogP contribution in [0.4, 0.5) is 4.39 Å². The Morgan fingerprint density at radius 2 is 2.25 bits per heavy atom. The number of H-pyrrole nitrogens is 1. The van der Waals surface area contributed by atoms with Crippen LogP contribution in [0.15, 0.2) is 18.3 Å². The van der Waals surface area contributed by atoms with Crippen LogP contribution in [-0.2, 0) is 0 Å². The van der Waals surface area contributed by atoms with Gasteiger partial charge in [-0.25, -0.2) is 0 Å². The number of aromatic nitrogens is 1. The van der Waals surface area contributed by atoms with Crippen LogP contribution in [0.2, 0.25) is 5.02 Å². The summed E-state index contributed by atoms with van der Waals surface area (Å²) in [7, 11) is 0. The van der Waals surface area contributed by atoms with Gasteiger partial charge < -0.3 is 0 Å². The number of nitrogens with one attached hydrogen (secondary N) is 1. The van der Waals surface area contributed by atoms with E-state index in [4.69, 9.17) is 11.6 Å². The van der Waals surface area contributed by atoms with E-state index in [1.54, 1.807) is 0 Å². The minimum Gasteiger partial charge on any atom is -0.185 e. The average Bonchev–Trinajstić information content (AvgIpc) is 1.77. The predicted octanol–water partition coefficient (Wildman–Crippen LogP) is 1.29. The number of aromatic amines is 1. The van der Waals surface area contributed by atoms with E-state index >= 15 is 0 Å². The summed E-state index contributed by atoms with van der Waals surface area (Å²) in [4.78, 5) is 2.30. The Hall–Kier alpha value is -0.630. The van der Waals surface area contributed by atoms with Crippen LogP contribution in [0.5, 0.6) is 0 Å². The second kappa shape index (κ2) is 2.09. The summed E-state index contributed by atoms with van der Waals surface area (Å²) in [5.74, 6) is -0.380. The molecule has 3 heteroatoms. The highest BCUT2D eigenvalue weighted by atomic mass is 35.5. The Morgan fingerprint density at radius 3 is 2.62 bits per heavy atom. The maximum absolute atomic E-state index is 12.0. The fourth-order valence-corrected chi connectivity index (χ4v) is 0.504. The highest BCUT2D eigenvalue weighted by Crippen LogP contribution is 2.01. The standard InChI is InChI=1S/C5H3ClFN/c6-4-1-2-5(7)8-3-4/h1-3H/p+1. The van der Waals surface area contributed by atoms with Gasteiger partial charge >= 0.3 is 5.95 Å². The fraction of sp³-hybridized carbons (Fsp3) is 0. The summed E-state index contributed by atoms with van der Waals surface area (Å²) in [5, 5.41) is 0.506. The molecule has 42 valence electrons. The van der Waals surface area contributed by atoms with E-state index in [1.807, 2.05) is 0 Å². The molecule has 0 atom stereocenters. The highest BCUT2D eigenvalue weighted by molar-refractivity contribution is 6.30. The lowest BCUT2D eigenvalue weighted by Gasteiger charge is -1.77. The quantitative estimate of drug-likeness (QED) is 0.473. The minimum atomic E-state index is -0.380. The van der Waals surface area contributed by atoms with Gasteiger partial charge in [-0.05, 0) is 6.07 Å². The summed E-state index contributed by atoms with van der Waals surface area (Å²) in [5.41, 5.74) is 0. The van der Waals surface area contributed by atoms with Gasteiger partial charge in [-0.3, -0.25) is 0 Å². The molecule has 1 aromatic rings. The van der Waals surface area contributed by atoms with Crippen LogP contribution in [0.25, 0.3) is 0 Å². The molecule has 1 nitrogen and oxygen atoms in total. The van der Waals surface area contributed by atoms with Gasteiger partial charge in [0.05, 0.1) is 0 Å². The van der Waals surface area contributed by atoms with Crippen LogP contribution in [0, 0.1) is 5.95 Å². The molecule has 0 radical (unpaired) electrons. The molecular formula is C5H4ClFN+. The second-order valence-corrected chi connectivity index (χ2v) is 1.79. The first-order chi connectivity index (χ1) is 3.79. The molecule has 0 spiro atoms. The summed E-state index contributed by atoms with van der Waals surface area (Å²) >= 11 is 5.41. The van der Waals surface area contributed by atoms with E-state index in [2.05, 4.69) is 4.98 Å². The molecule has 0 aliphatic carbocycles. The van der Waals surface area contributed by atoms with Crippen molar-refractivity contribution in [3.8, 4) is 0 Å². The summed E-state index contributed by atoms with van der Waals surface area (Å²) in [6, 6.07) is 2.75. The smallest absolute Gasteiger partial charge is 0.185 e. The predicted molar refractivity (Wildman–Crippen MR) is 28.0 cm³/mol. The zero-order valence-corrected chi connectivity index (χ0v) is 4.74. The van der Waals surface area contributed by atoms with Crippen LogP contribution in [0.3, 0.4) is 0 Å². The van der Waals surface area contributed by atoms with Crippen LogP contribution in [-0.4, -0.2) is 0 Å². The van der Waals surface area contributed by atoms with Gasteiger partial charge in [-0.2, -0.15) is 4.98 Å². The van der Waals surface area contributed by atoms with Crippen molar-refractivity contribution in [1.29, 1.82) is 0 Å². The van der Waals surface area contributed by atoms with Crippen molar-refractivity contribution in [3.63, 3.8) is 0 Å². The fourth-order valence-electron chi connectivity index (χ4n) is 0.387. The Kier molecular flexibility index (Phi) is 1.44. The van der Waals surface area contributed by atoms with Crippen LogP contribution >= 0.6 is 11.6 Å². The third-order valence-corrected chi connectivity index (χ3v) is 0.972. The SMILES string of the molecule is Fc1ccc(Cl)c[nH+]1. The molecule has 0 saturated carbocycles. The van der Waals surface area contributed by atoms with Crippen molar-refractivity contribution < 1.29 is 9.37 Å². The molecule has 0 bridgehead atoms. The molecule has 1 heterocycles. The maximum Gasteiger partial charge on any atom is 0.357 e. The highest BCUT2D eigenvalue weighted by Gasteiger charge is 1.94. The third kappa shape index (κ3) is 1.17. The molecule has 0 aromatic carbocycles. The van der Waals surface area contributed by atoms with Gasteiger partial charge in [0.2, 0.25) is 0 Å². The van der Waals surface area contributed by atoms with Crippen LogP contribution < -0.4 is 4.98 Å². The number of pyridine rings is 1. The molecule has 1 aromatic heterocycles. The molecule has 0 aliphatic rings. The van der Waals surface area contributed by atoms with Gasteiger partial charge in [-0.15, -0.1) is 4.39 Å². The zero-order chi connectivity index (χ0) is 5.98. The normalized spacial score (nSPS) is 9.25. The number of rotatable bonds is 0. The molecule has 0 aliphatic heterocycles. The van der Waals surface area contributed by atoms with Crippen molar-refractivity contribution in [3.05, 3.63) is 29.3 Å². The van der Waals surface area contributed by atoms with Crippen molar-refractivity contribution in [1.82, 2.24) is 0 Å². The Morgan fingerprint density at radius 1 is 1.50 bits per heavy atom. The van der Waals surface area contributed by atoms with E-state index in [0.29, 0.717) is 5.02 Å². The molecule has 1 rings (SSSR count). The van der Waals surface area contributed by atoms with Gasteiger partial charge in [0.15, 0.2) is 6.20 Å². The molecule has 0 amide bonds. The Labute approximate surface area is 51.1 Å². The molecule has 0 unspecified atom stereocenters. The van der Waals surface area contributed by atoms with Gasteiger partial charge in [-0.1, -0.05) is 11.6 Å². The third-order valence-electron chi connectivity index (χ3n) is 0.737. The van der Waals surface area contributed by atoms with Gasteiger partial charge in [0.1, 0.15) is 5.02 Å². The van der Waals surface area contributed by atoms with Crippen molar-refractivity contribution >= 4 is 11.6 Å². The molecule has 0 saturated heterocycles. The van der Waals surface area contributed by atoms with E-state index in [0.717, 1.165) is 0 Å². The average molecular weight is 133 g/mol. The Bertz CT molecular complexity index is 151. The topological polar surface area (TPSA) is 14.1 Å². The largest absolute Gasteiger partial charge is 0.357 e. The van der Waals surface area contributed by atoms with Crippen molar-refractivity contribution in [2.45, 2.75) is 0 Å². The van der Waals surface area contributed by atoms with E-state index in [9.17, 15) is 4.39 Å². The summed E-state index contributed by atoms with van der Waals surface area (Å²) in [6.07, 6.45) is 1.39. The van der Waals surface area contributed by atoms with Crippen LogP contribution in [0.1, 0.15) is 0 Å². The van der Waals surface area contributed by atoms with Crippen molar-refractivity contribution in [2.24, 2.45) is 0 Å². The first-order valence-corrected chi connectivity index (χ1v) is 2.49. The monoisotopic (exact) mass is 132 g/mol. The molecule has 1 N–H and O–H groups in total. The van der Waals surface area contributed by atoms with E-state index in [-0.39, 0.29) is 5.95 Å². The summed E-state index contributed by atoms with van der Waals surface area (Å²) in [6.45, 7) is 0. The van der Waals surface area contributed by atoms with E-state index in [1.165, 1.54) is 18.3 Å². The molecular weight excluding hydrogens is 129 g/mol. The van der Waals surface area contributed by atoms with Crippen molar-refractivity contribution in [2.75, 3.05) is 0 Å². The van der Waals surface area contributed by atoms with Gasteiger partial charge in [0, 0.05) is 6.07 Å². The first kappa shape index (κ1) is 5.51. The lowest BCUT2D eigenvalue weighted by atomic mass is 10.5. The lowest BCUT2D eigenvalue weighted by Crippen LogP contribution is -2.05. The Balaban J connectivity index is 3.03. The number of hydrogen-bond acceptors (Lipinski definition) is 0. The first-order valence-electron chi connectivity index (χ1n) is 2.12. The lowest BCUT2D eigenvalue weighted by molar-refractivity contribution is -0.421. The van der Waals surface area contributed by atoms with Gasteiger partial charge in [0.25, 0.3) is 0 Å². The van der Waals surface area contributed by atoms with E-state index < -0.39 is 0 Å². The molecule has 0 fully saturated rings. The number of halogens is 2.